The van der Waals surface area contributed by atoms with Crippen LogP contribution in [0.3, 0.4) is 0 Å². The SMILES string of the molecule is COc1ncc(C(Cc2cccc(C)c2)NN)cn1. The Morgan fingerprint density at radius 1 is 1.32 bits per heavy atom. The van der Waals surface area contributed by atoms with Gasteiger partial charge in [-0.25, -0.2) is 9.97 Å². The van der Waals surface area contributed by atoms with Crippen molar-refractivity contribution < 1.29 is 4.74 Å². The highest BCUT2D eigenvalue weighted by molar-refractivity contribution is 5.25. The number of hydrogen-bond donors (Lipinski definition) is 2. The molecule has 0 amide bonds. The molecule has 5 heteroatoms. The Kier molecular flexibility index (Phi) is 4.43. The van der Waals surface area contributed by atoms with Crippen LogP contribution in [-0.4, -0.2) is 17.1 Å². The molecule has 0 saturated heterocycles. The Morgan fingerprint density at radius 2 is 2.05 bits per heavy atom. The zero-order valence-corrected chi connectivity index (χ0v) is 11.1. The van der Waals surface area contributed by atoms with Gasteiger partial charge in [0, 0.05) is 18.0 Å². The van der Waals surface area contributed by atoms with Crippen molar-refractivity contribution in [1.82, 2.24) is 15.4 Å². The molecule has 1 aromatic heterocycles. The predicted molar refractivity (Wildman–Crippen MR) is 73.5 cm³/mol. The lowest BCUT2D eigenvalue weighted by molar-refractivity contribution is 0.378. The molecule has 19 heavy (non-hydrogen) atoms. The fourth-order valence-electron chi connectivity index (χ4n) is 1.96. The summed E-state index contributed by atoms with van der Waals surface area (Å²) >= 11 is 0. The first kappa shape index (κ1) is 13.5. The molecule has 0 aliphatic heterocycles. The highest BCUT2D eigenvalue weighted by Crippen LogP contribution is 2.18. The Labute approximate surface area is 112 Å². The number of methoxy groups -OCH3 is 1. The van der Waals surface area contributed by atoms with Gasteiger partial charge in [-0.1, -0.05) is 29.8 Å². The number of aryl methyl sites for hydroxylation is 1. The van der Waals surface area contributed by atoms with E-state index in [9.17, 15) is 0 Å². The van der Waals surface area contributed by atoms with Gasteiger partial charge in [-0.3, -0.25) is 11.3 Å². The average molecular weight is 258 g/mol. The summed E-state index contributed by atoms with van der Waals surface area (Å²) in [5.41, 5.74) is 6.19. The van der Waals surface area contributed by atoms with Crippen molar-refractivity contribution in [3.05, 3.63) is 53.3 Å². The van der Waals surface area contributed by atoms with Crippen molar-refractivity contribution in [3.63, 3.8) is 0 Å². The molecule has 100 valence electrons. The van der Waals surface area contributed by atoms with E-state index in [0.29, 0.717) is 6.01 Å². The molecule has 1 aromatic carbocycles. The first-order valence-electron chi connectivity index (χ1n) is 6.10. The molecule has 1 atom stereocenters. The van der Waals surface area contributed by atoms with Gasteiger partial charge in [0.1, 0.15) is 0 Å². The van der Waals surface area contributed by atoms with Crippen LogP contribution in [0.25, 0.3) is 0 Å². The number of nitrogens with zero attached hydrogens (tertiary/aromatic N) is 2. The number of benzene rings is 1. The van der Waals surface area contributed by atoms with Crippen LogP contribution in [0.2, 0.25) is 0 Å². The summed E-state index contributed by atoms with van der Waals surface area (Å²) in [5, 5.41) is 0. The molecule has 5 nitrogen and oxygen atoms in total. The number of nitrogens with one attached hydrogen (secondary N) is 1. The maximum Gasteiger partial charge on any atom is 0.316 e. The monoisotopic (exact) mass is 258 g/mol. The maximum atomic E-state index is 5.62. The van der Waals surface area contributed by atoms with Gasteiger partial charge in [-0.15, -0.1) is 0 Å². The molecule has 1 unspecified atom stereocenters. The van der Waals surface area contributed by atoms with E-state index >= 15 is 0 Å². The van der Waals surface area contributed by atoms with E-state index in [-0.39, 0.29) is 6.04 Å². The van der Waals surface area contributed by atoms with Crippen molar-refractivity contribution in [2.24, 2.45) is 5.84 Å². The molecular formula is C14H18N4O. The third-order valence-electron chi connectivity index (χ3n) is 2.96. The summed E-state index contributed by atoms with van der Waals surface area (Å²) in [6.45, 7) is 2.07. The molecule has 0 spiro atoms. The van der Waals surface area contributed by atoms with Crippen LogP contribution in [0.1, 0.15) is 22.7 Å². The van der Waals surface area contributed by atoms with E-state index in [0.717, 1.165) is 12.0 Å². The molecule has 1 heterocycles. The molecule has 0 radical (unpaired) electrons. The normalized spacial score (nSPS) is 12.2. The predicted octanol–water partition coefficient (Wildman–Crippen LogP) is 1.54. The Bertz CT molecular complexity index is 527. The van der Waals surface area contributed by atoms with Crippen LogP contribution in [0.4, 0.5) is 0 Å². The number of aromatic nitrogens is 2. The highest BCUT2D eigenvalue weighted by Gasteiger charge is 2.12. The van der Waals surface area contributed by atoms with Gasteiger partial charge < -0.3 is 4.74 Å². The lowest BCUT2D eigenvalue weighted by Gasteiger charge is -2.16. The Morgan fingerprint density at radius 3 is 2.63 bits per heavy atom. The fraction of sp³-hybridized carbons (Fsp3) is 0.286. The van der Waals surface area contributed by atoms with Crippen LogP contribution >= 0.6 is 0 Å². The minimum Gasteiger partial charge on any atom is -0.467 e. The molecule has 2 aromatic rings. The number of rotatable bonds is 5. The maximum absolute atomic E-state index is 5.62. The van der Waals surface area contributed by atoms with Crippen LogP contribution < -0.4 is 16.0 Å². The molecule has 0 aliphatic carbocycles. The van der Waals surface area contributed by atoms with Crippen LogP contribution in [-0.2, 0) is 6.42 Å². The molecule has 3 N–H and O–H groups in total. The second-order valence-corrected chi connectivity index (χ2v) is 4.42. The average Bonchev–Trinajstić information content (AvgIpc) is 2.45. The second-order valence-electron chi connectivity index (χ2n) is 4.42. The minimum absolute atomic E-state index is 0.0206. The largest absolute Gasteiger partial charge is 0.467 e. The van der Waals surface area contributed by atoms with Gasteiger partial charge in [-0.2, -0.15) is 0 Å². The topological polar surface area (TPSA) is 73.1 Å². The minimum atomic E-state index is -0.0206. The van der Waals surface area contributed by atoms with Gasteiger partial charge >= 0.3 is 6.01 Å². The van der Waals surface area contributed by atoms with Crippen LogP contribution in [0.5, 0.6) is 6.01 Å². The van der Waals surface area contributed by atoms with Gasteiger partial charge in [-0.05, 0) is 18.9 Å². The quantitative estimate of drug-likeness (QED) is 0.628. The van der Waals surface area contributed by atoms with E-state index in [2.05, 4.69) is 40.5 Å². The summed E-state index contributed by atoms with van der Waals surface area (Å²) in [4.78, 5) is 8.19. The van der Waals surface area contributed by atoms with E-state index in [1.54, 1.807) is 19.5 Å². The summed E-state index contributed by atoms with van der Waals surface area (Å²) in [6.07, 6.45) is 4.24. The number of hydrazine groups is 1. The number of ether oxygens (including phenoxy) is 1. The zero-order valence-electron chi connectivity index (χ0n) is 11.1. The van der Waals surface area contributed by atoms with Crippen molar-refractivity contribution in [1.29, 1.82) is 0 Å². The molecule has 0 saturated carbocycles. The lowest BCUT2D eigenvalue weighted by atomic mass is 10.0. The first-order chi connectivity index (χ1) is 9.22. The van der Waals surface area contributed by atoms with Crippen molar-refractivity contribution in [2.45, 2.75) is 19.4 Å². The van der Waals surface area contributed by atoms with E-state index in [4.69, 9.17) is 10.6 Å². The Hall–Kier alpha value is -1.98. The highest BCUT2D eigenvalue weighted by atomic mass is 16.5. The van der Waals surface area contributed by atoms with Gasteiger partial charge in [0.05, 0.1) is 13.2 Å². The third kappa shape index (κ3) is 3.49. The van der Waals surface area contributed by atoms with Gasteiger partial charge in [0.15, 0.2) is 0 Å². The van der Waals surface area contributed by atoms with Crippen molar-refractivity contribution in [2.75, 3.05) is 7.11 Å². The lowest BCUT2D eigenvalue weighted by Crippen LogP contribution is -2.29. The van der Waals surface area contributed by atoms with E-state index < -0.39 is 0 Å². The standard InChI is InChI=1S/C14H18N4O/c1-10-4-3-5-11(6-10)7-13(18-15)12-8-16-14(19-2)17-9-12/h3-6,8-9,13,18H,7,15H2,1-2H3. The number of hydrogen-bond acceptors (Lipinski definition) is 5. The second kappa shape index (κ2) is 6.26. The molecule has 0 fully saturated rings. The molecular weight excluding hydrogens is 240 g/mol. The first-order valence-corrected chi connectivity index (χ1v) is 6.10. The number of nitrogens with two attached hydrogens (primary N) is 1. The zero-order chi connectivity index (χ0) is 13.7. The summed E-state index contributed by atoms with van der Waals surface area (Å²) in [5.74, 6) is 5.62. The van der Waals surface area contributed by atoms with Crippen LogP contribution in [0.15, 0.2) is 36.7 Å². The van der Waals surface area contributed by atoms with E-state index in [1.165, 1.54) is 11.1 Å². The summed E-state index contributed by atoms with van der Waals surface area (Å²) in [6, 6.07) is 8.69. The van der Waals surface area contributed by atoms with Crippen molar-refractivity contribution in [3.8, 4) is 6.01 Å². The van der Waals surface area contributed by atoms with E-state index in [1.807, 2.05) is 6.07 Å². The fourth-order valence-corrected chi connectivity index (χ4v) is 1.96. The van der Waals surface area contributed by atoms with Gasteiger partial charge in [0.25, 0.3) is 0 Å². The smallest absolute Gasteiger partial charge is 0.316 e. The van der Waals surface area contributed by atoms with Crippen LogP contribution in [0, 0.1) is 6.92 Å². The molecule has 0 bridgehead atoms. The summed E-state index contributed by atoms with van der Waals surface area (Å²) in [7, 11) is 1.54. The molecule has 0 aliphatic rings. The van der Waals surface area contributed by atoms with Crippen molar-refractivity contribution >= 4 is 0 Å². The summed E-state index contributed by atoms with van der Waals surface area (Å²) < 4.78 is 4.94. The van der Waals surface area contributed by atoms with Gasteiger partial charge in [0.2, 0.25) is 0 Å². The third-order valence-corrected chi connectivity index (χ3v) is 2.96. The Balaban J connectivity index is 2.15. The molecule has 2 rings (SSSR count).